The van der Waals surface area contributed by atoms with Crippen LogP contribution in [0.5, 0.6) is 11.5 Å². The van der Waals surface area contributed by atoms with E-state index in [1.54, 1.807) is 21.3 Å². The van der Waals surface area contributed by atoms with E-state index in [0.29, 0.717) is 23.6 Å². The van der Waals surface area contributed by atoms with E-state index in [1.807, 2.05) is 61.5 Å². The van der Waals surface area contributed by atoms with Crippen LogP contribution in [0.3, 0.4) is 0 Å². The maximum absolute atomic E-state index is 11.7. The molecule has 3 aromatic rings. The van der Waals surface area contributed by atoms with Gasteiger partial charge in [0.05, 0.1) is 19.9 Å². The molecule has 2 amide bonds. The van der Waals surface area contributed by atoms with Gasteiger partial charge >= 0.3 is 6.03 Å². The fourth-order valence-electron chi connectivity index (χ4n) is 3.74. The molecule has 0 aromatic heterocycles. The fraction of sp³-hybridized carbons (Fsp3) is 0.259. The second kappa shape index (κ2) is 11.2. The molecule has 0 fully saturated rings. The van der Waals surface area contributed by atoms with Crippen LogP contribution in [0.1, 0.15) is 29.2 Å². The quantitative estimate of drug-likeness (QED) is 0.337. The number of carbonyl (C=O) groups excluding carboxylic acids is 1. The normalized spacial score (nSPS) is 11.3. The van der Waals surface area contributed by atoms with E-state index in [9.17, 15) is 4.79 Å². The third kappa shape index (κ3) is 5.86. The summed E-state index contributed by atoms with van der Waals surface area (Å²) in [6.07, 6.45) is 0.526. The van der Waals surface area contributed by atoms with Gasteiger partial charge in [-0.15, -0.1) is 0 Å². The zero-order valence-corrected chi connectivity index (χ0v) is 20.3. The van der Waals surface area contributed by atoms with Gasteiger partial charge in [-0.1, -0.05) is 30.3 Å². The van der Waals surface area contributed by atoms with Gasteiger partial charge in [0.15, 0.2) is 11.5 Å². The minimum Gasteiger partial charge on any atom is -0.493 e. The van der Waals surface area contributed by atoms with Gasteiger partial charge in [0.25, 0.3) is 0 Å². The van der Waals surface area contributed by atoms with Crippen LogP contribution < -0.4 is 25.4 Å². The number of urea groups is 1. The average molecular weight is 461 g/mol. The van der Waals surface area contributed by atoms with E-state index < -0.39 is 0 Å². The van der Waals surface area contributed by atoms with Crippen molar-refractivity contribution in [1.82, 2.24) is 10.6 Å². The van der Waals surface area contributed by atoms with E-state index in [0.717, 1.165) is 33.6 Å². The van der Waals surface area contributed by atoms with E-state index in [2.05, 4.69) is 28.9 Å². The number of hydrogen-bond acceptors (Lipinski definition) is 5. The van der Waals surface area contributed by atoms with E-state index in [1.165, 1.54) is 0 Å². The van der Waals surface area contributed by atoms with Crippen molar-refractivity contribution in [1.29, 1.82) is 5.41 Å². The minimum atomic E-state index is -0.249. The van der Waals surface area contributed by atoms with Crippen molar-refractivity contribution in [3.8, 4) is 11.5 Å². The molecule has 0 aliphatic heterocycles. The second-order valence-electron chi connectivity index (χ2n) is 8.09. The molecule has 1 atom stereocenters. The molecule has 0 bridgehead atoms. The smallest absolute Gasteiger partial charge is 0.314 e. The Labute approximate surface area is 201 Å². The number of rotatable bonds is 9. The van der Waals surface area contributed by atoms with Gasteiger partial charge in [0, 0.05) is 35.6 Å². The van der Waals surface area contributed by atoms with E-state index in [-0.39, 0.29) is 12.1 Å². The van der Waals surface area contributed by atoms with Crippen molar-refractivity contribution >= 4 is 23.1 Å². The Morgan fingerprint density at radius 3 is 2.26 bits per heavy atom. The summed E-state index contributed by atoms with van der Waals surface area (Å²) in [7, 11) is 4.74. The molecule has 0 aliphatic rings. The van der Waals surface area contributed by atoms with Gasteiger partial charge in [-0.25, -0.2) is 4.79 Å². The van der Waals surface area contributed by atoms with Crippen LogP contribution in [0.25, 0.3) is 0 Å². The number of para-hydroxylation sites is 1. The predicted molar refractivity (Wildman–Crippen MR) is 137 cm³/mol. The number of hydrogen-bond donors (Lipinski definition) is 4. The van der Waals surface area contributed by atoms with Gasteiger partial charge in [-0.05, 0) is 61.7 Å². The number of ether oxygens (including phenoxy) is 2. The van der Waals surface area contributed by atoms with Crippen LogP contribution in [0, 0.1) is 12.3 Å². The number of carbonyl (C=O) groups is 1. The lowest BCUT2D eigenvalue weighted by Crippen LogP contribution is -2.40. The molecular formula is C27H32N4O3. The monoisotopic (exact) mass is 460 g/mol. The first-order valence-corrected chi connectivity index (χ1v) is 11.1. The number of anilines is 2. The Kier molecular flexibility index (Phi) is 8.14. The Morgan fingerprint density at radius 2 is 1.65 bits per heavy atom. The zero-order valence-electron chi connectivity index (χ0n) is 20.3. The van der Waals surface area contributed by atoms with Gasteiger partial charge < -0.3 is 25.4 Å². The highest BCUT2D eigenvalue weighted by molar-refractivity contribution is 6.12. The first-order valence-electron chi connectivity index (χ1n) is 11.1. The molecule has 0 heterocycles. The Morgan fingerprint density at radius 1 is 1.00 bits per heavy atom. The first-order chi connectivity index (χ1) is 16.4. The summed E-state index contributed by atoms with van der Waals surface area (Å²) in [5.41, 5.74) is 5.90. The number of methoxy groups -OCH3 is 2. The van der Waals surface area contributed by atoms with Crippen molar-refractivity contribution in [3.63, 3.8) is 0 Å². The average Bonchev–Trinajstić information content (AvgIpc) is 2.85. The first kappa shape index (κ1) is 24.6. The molecule has 0 saturated heterocycles. The third-order valence-electron chi connectivity index (χ3n) is 5.61. The zero-order chi connectivity index (χ0) is 24.7. The Hall–Kier alpha value is -4.00. The lowest BCUT2D eigenvalue weighted by molar-refractivity contribution is 0.240. The van der Waals surface area contributed by atoms with Crippen LogP contribution in [-0.4, -0.2) is 39.1 Å². The summed E-state index contributed by atoms with van der Waals surface area (Å²) >= 11 is 0. The number of aryl methyl sites for hydroxylation is 1. The highest BCUT2D eigenvalue weighted by Crippen LogP contribution is 2.32. The topological polar surface area (TPSA) is 95.5 Å². The van der Waals surface area contributed by atoms with Crippen molar-refractivity contribution in [2.75, 3.05) is 26.6 Å². The maximum Gasteiger partial charge on any atom is 0.314 e. The van der Waals surface area contributed by atoms with Crippen LogP contribution in [0.4, 0.5) is 16.2 Å². The Bertz CT molecular complexity index is 1160. The lowest BCUT2D eigenvalue weighted by Gasteiger charge is -2.19. The standard InChI is InChI=1S/C27H32N4O3/c1-17-8-6-7-9-23(17)31-21-12-10-19(11-13-21)26(28)22-16-25(34-5)24(33-4)15-20(22)14-18(2)30-27(32)29-3/h6-13,15-16,18,28,31H,14H2,1-5H3,(H2,29,30,32). The molecule has 0 aliphatic carbocycles. The molecule has 0 spiro atoms. The predicted octanol–water partition coefficient (Wildman–Crippen LogP) is 5.03. The number of benzene rings is 3. The summed E-state index contributed by atoms with van der Waals surface area (Å²) < 4.78 is 11.0. The molecule has 4 N–H and O–H groups in total. The molecule has 178 valence electrons. The van der Waals surface area contributed by atoms with Gasteiger partial charge in [0.2, 0.25) is 0 Å². The molecule has 3 aromatic carbocycles. The Balaban J connectivity index is 1.90. The maximum atomic E-state index is 11.7. The van der Waals surface area contributed by atoms with Gasteiger partial charge in [-0.2, -0.15) is 0 Å². The van der Waals surface area contributed by atoms with Crippen molar-refractivity contribution in [2.45, 2.75) is 26.3 Å². The fourth-order valence-corrected chi connectivity index (χ4v) is 3.74. The second-order valence-corrected chi connectivity index (χ2v) is 8.09. The third-order valence-corrected chi connectivity index (χ3v) is 5.61. The van der Waals surface area contributed by atoms with Crippen molar-refractivity contribution < 1.29 is 14.3 Å². The summed E-state index contributed by atoms with van der Waals surface area (Å²) in [6, 6.07) is 19.2. The molecule has 7 heteroatoms. The van der Waals surface area contributed by atoms with E-state index >= 15 is 0 Å². The number of amides is 2. The molecule has 1 unspecified atom stereocenters. The van der Waals surface area contributed by atoms with Crippen LogP contribution in [-0.2, 0) is 6.42 Å². The summed E-state index contributed by atoms with van der Waals surface area (Å²) in [5, 5.41) is 17.8. The molecule has 0 radical (unpaired) electrons. The SMILES string of the molecule is CNC(=O)NC(C)Cc1cc(OC)c(OC)cc1C(=N)c1ccc(Nc2ccccc2C)cc1. The molecule has 7 nitrogen and oxygen atoms in total. The van der Waals surface area contributed by atoms with Crippen molar-refractivity contribution in [3.05, 3.63) is 82.9 Å². The van der Waals surface area contributed by atoms with E-state index in [4.69, 9.17) is 14.9 Å². The highest BCUT2D eigenvalue weighted by atomic mass is 16.5. The van der Waals surface area contributed by atoms with Crippen LogP contribution in [0.15, 0.2) is 60.7 Å². The molecule has 0 saturated carbocycles. The minimum absolute atomic E-state index is 0.148. The lowest BCUT2D eigenvalue weighted by atomic mass is 9.93. The molecule has 3 rings (SSSR count). The number of nitrogens with one attached hydrogen (secondary N) is 4. The summed E-state index contributed by atoms with van der Waals surface area (Å²) in [6.45, 7) is 3.98. The summed E-state index contributed by atoms with van der Waals surface area (Å²) in [5.74, 6) is 1.13. The molecular weight excluding hydrogens is 428 g/mol. The van der Waals surface area contributed by atoms with Gasteiger partial charge in [-0.3, -0.25) is 5.41 Å². The van der Waals surface area contributed by atoms with Crippen molar-refractivity contribution in [2.24, 2.45) is 0 Å². The largest absolute Gasteiger partial charge is 0.493 e. The van der Waals surface area contributed by atoms with Crippen LogP contribution in [0.2, 0.25) is 0 Å². The van der Waals surface area contributed by atoms with Gasteiger partial charge in [0.1, 0.15) is 0 Å². The summed E-state index contributed by atoms with van der Waals surface area (Å²) in [4.78, 5) is 11.7. The molecule has 34 heavy (non-hydrogen) atoms. The van der Waals surface area contributed by atoms with Crippen LogP contribution >= 0.6 is 0 Å². The highest BCUT2D eigenvalue weighted by Gasteiger charge is 2.18.